The van der Waals surface area contributed by atoms with Gasteiger partial charge in [0, 0.05) is 31.5 Å². The first-order valence-corrected chi connectivity index (χ1v) is 6.59. The molecule has 0 amide bonds. The Hall–Kier alpha value is -0.410. The smallest absolute Gasteiger partial charge is 0.133 e. The highest BCUT2D eigenvalue weighted by Gasteiger charge is 2.32. The van der Waals surface area contributed by atoms with Crippen molar-refractivity contribution in [3.05, 3.63) is 0 Å². The number of rotatable bonds is 2. The molecule has 1 saturated heterocycles. The number of carbonyl (C=O) groups excluding carboxylic acids is 1. The Morgan fingerprint density at radius 2 is 2.06 bits per heavy atom. The van der Waals surface area contributed by atoms with Crippen molar-refractivity contribution in [3.63, 3.8) is 0 Å². The largest absolute Gasteiger partial charge is 0.376 e. The van der Waals surface area contributed by atoms with Gasteiger partial charge in [0.2, 0.25) is 0 Å². The molecule has 92 valence electrons. The van der Waals surface area contributed by atoms with Crippen LogP contribution in [-0.4, -0.2) is 42.0 Å². The standard InChI is InChI=1S/C13H23NO2/c1-3-11-9-16-10(2)8-14(11)12-4-6-13(15)7-5-12/h10-12H,3-9H2,1-2H3. The number of nitrogens with zero attached hydrogens (tertiary/aromatic N) is 1. The van der Waals surface area contributed by atoms with Crippen molar-refractivity contribution in [1.29, 1.82) is 0 Å². The van der Waals surface area contributed by atoms with E-state index < -0.39 is 0 Å². The van der Waals surface area contributed by atoms with Gasteiger partial charge in [-0.3, -0.25) is 9.69 Å². The number of ketones is 1. The molecule has 16 heavy (non-hydrogen) atoms. The Kier molecular flexibility index (Phi) is 3.98. The van der Waals surface area contributed by atoms with Crippen molar-refractivity contribution in [1.82, 2.24) is 4.90 Å². The van der Waals surface area contributed by atoms with E-state index in [2.05, 4.69) is 18.7 Å². The summed E-state index contributed by atoms with van der Waals surface area (Å²) < 4.78 is 5.71. The van der Waals surface area contributed by atoms with Crippen LogP contribution >= 0.6 is 0 Å². The fraction of sp³-hybridized carbons (Fsp3) is 0.923. The maximum absolute atomic E-state index is 11.3. The predicted molar refractivity (Wildman–Crippen MR) is 63.5 cm³/mol. The van der Waals surface area contributed by atoms with E-state index in [1.807, 2.05) is 0 Å². The second-order valence-electron chi connectivity index (χ2n) is 5.17. The van der Waals surface area contributed by atoms with Crippen LogP contribution in [0.3, 0.4) is 0 Å². The van der Waals surface area contributed by atoms with Crippen LogP contribution in [0.2, 0.25) is 0 Å². The van der Waals surface area contributed by atoms with Crippen molar-refractivity contribution < 1.29 is 9.53 Å². The van der Waals surface area contributed by atoms with Crippen LogP contribution < -0.4 is 0 Å². The minimum absolute atomic E-state index is 0.348. The van der Waals surface area contributed by atoms with Gasteiger partial charge in [0.05, 0.1) is 12.7 Å². The number of Topliss-reactive ketones (excluding diaryl/α,β-unsaturated/α-hetero) is 1. The summed E-state index contributed by atoms with van der Waals surface area (Å²) in [5.41, 5.74) is 0. The lowest BCUT2D eigenvalue weighted by Crippen LogP contribution is -2.53. The summed E-state index contributed by atoms with van der Waals surface area (Å²) in [6, 6.07) is 1.18. The third-order valence-corrected chi connectivity index (χ3v) is 3.96. The Morgan fingerprint density at radius 3 is 2.69 bits per heavy atom. The van der Waals surface area contributed by atoms with Gasteiger partial charge in [-0.1, -0.05) is 6.92 Å². The van der Waals surface area contributed by atoms with Gasteiger partial charge in [-0.2, -0.15) is 0 Å². The lowest BCUT2D eigenvalue weighted by molar-refractivity contribution is -0.123. The van der Waals surface area contributed by atoms with Crippen LogP contribution in [0.15, 0.2) is 0 Å². The first-order chi connectivity index (χ1) is 7.70. The molecular formula is C13H23NO2. The highest BCUT2D eigenvalue weighted by Crippen LogP contribution is 2.26. The molecule has 2 fully saturated rings. The Balaban J connectivity index is 1.96. The zero-order chi connectivity index (χ0) is 11.5. The Morgan fingerprint density at radius 1 is 1.38 bits per heavy atom. The van der Waals surface area contributed by atoms with Gasteiger partial charge in [-0.25, -0.2) is 0 Å². The molecule has 1 aliphatic heterocycles. The van der Waals surface area contributed by atoms with Gasteiger partial charge in [-0.05, 0) is 26.2 Å². The molecule has 0 aromatic heterocycles. The van der Waals surface area contributed by atoms with Gasteiger partial charge >= 0.3 is 0 Å². The molecule has 3 heteroatoms. The van der Waals surface area contributed by atoms with Crippen LogP contribution in [0, 0.1) is 0 Å². The summed E-state index contributed by atoms with van der Waals surface area (Å²) in [6.07, 6.45) is 5.18. The first-order valence-electron chi connectivity index (χ1n) is 6.59. The highest BCUT2D eigenvalue weighted by atomic mass is 16.5. The molecule has 0 bridgehead atoms. The first kappa shape index (κ1) is 12.1. The van der Waals surface area contributed by atoms with Gasteiger partial charge < -0.3 is 4.74 Å². The maximum atomic E-state index is 11.3. The Bertz CT molecular complexity index is 244. The summed E-state index contributed by atoms with van der Waals surface area (Å²) in [4.78, 5) is 13.9. The summed E-state index contributed by atoms with van der Waals surface area (Å²) in [5.74, 6) is 0.450. The molecule has 0 aromatic carbocycles. The zero-order valence-corrected chi connectivity index (χ0v) is 10.4. The molecule has 3 nitrogen and oxygen atoms in total. The lowest BCUT2D eigenvalue weighted by Gasteiger charge is -2.44. The predicted octanol–water partition coefficient (Wildman–Crippen LogP) is 2.00. The molecule has 2 rings (SSSR count). The molecule has 0 aromatic rings. The van der Waals surface area contributed by atoms with Gasteiger partial charge in [0.15, 0.2) is 0 Å². The van der Waals surface area contributed by atoms with E-state index >= 15 is 0 Å². The molecule has 1 heterocycles. The van der Waals surface area contributed by atoms with E-state index in [-0.39, 0.29) is 0 Å². The van der Waals surface area contributed by atoms with Crippen LogP contribution in [0.25, 0.3) is 0 Å². The third-order valence-electron chi connectivity index (χ3n) is 3.96. The summed E-state index contributed by atoms with van der Waals surface area (Å²) in [5, 5.41) is 0. The van der Waals surface area contributed by atoms with E-state index in [4.69, 9.17) is 4.74 Å². The highest BCUT2D eigenvalue weighted by molar-refractivity contribution is 5.79. The van der Waals surface area contributed by atoms with Crippen molar-refractivity contribution in [2.75, 3.05) is 13.2 Å². The summed E-state index contributed by atoms with van der Waals surface area (Å²) in [6.45, 7) is 6.28. The molecular weight excluding hydrogens is 202 g/mol. The van der Waals surface area contributed by atoms with Crippen LogP contribution in [0.1, 0.15) is 46.0 Å². The topological polar surface area (TPSA) is 29.5 Å². The maximum Gasteiger partial charge on any atom is 0.133 e. The molecule has 2 unspecified atom stereocenters. The SMILES string of the molecule is CCC1COC(C)CN1C1CCC(=O)CC1. The zero-order valence-electron chi connectivity index (χ0n) is 10.4. The van der Waals surface area contributed by atoms with E-state index in [0.29, 0.717) is 24.0 Å². The van der Waals surface area contributed by atoms with E-state index in [1.54, 1.807) is 0 Å². The van der Waals surface area contributed by atoms with E-state index in [0.717, 1.165) is 45.3 Å². The van der Waals surface area contributed by atoms with Crippen LogP contribution in [-0.2, 0) is 9.53 Å². The van der Waals surface area contributed by atoms with Gasteiger partial charge in [0.1, 0.15) is 5.78 Å². The normalized spacial score (nSPS) is 34.2. The van der Waals surface area contributed by atoms with Gasteiger partial charge in [0.25, 0.3) is 0 Å². The second-order valence-corrected chi connectivity index (χ2v) is 5.17. The number of carbonyl (C=O) groups is 1. The summed E-state index contributed by atoms with van der Waals surface area (Å²) >= 11 is 0. The number of morpholine rings is 1. The molecule has 1 aliphatic carbocycles. The van der Waals surface area contributed by atoms with Crippen molar-refractivity contribution in [2.45, 2.75) is 64.1 Å². The number of ether oxygens (including phenoxy) is 1. The average molecular weight is 225 g/mol. The third kappa shape index (κ3) is 2.64. The van der Waals surface area contributed by atoms with E-state index in [9.17, 15) is 4.79 Å². The van der Waals surface area contributed by atoms with Gasteiger partial charge in [-0.15, -0.1) is 0 Å². The number of hydrogen-bond donors (Lipinski definition) is 0. The van der Waals surface area contributed by atoms with Crippen LogP contribution in [0.4, 0.5) is 0 Å². The molecule has 0 radical (unpaired) electrons. The Labute approximate surface area is 98.1 Å². The molecule has 0 spiro atoms. The fourth-order valence-corrected chi connectivity index (χ4v) is 2.93. The molecule has 0 N–H and O–H groups in total. The van der Waals surface area contributed by atoms with E-state index in [1.165, 1.54) is 0 Å². The molecule has 1 saturated carbocycles. The fourth-order valence-electron chi connectivity index (χ4n) is 2.93. The minimum Gasteiger partial charge on any atom is -0.376 e. The molecule has 2 atom stereocenters. The molecule has 2 aliphatic rings. The average Bonchev–Trinajstić information content (AvgIpc) is 2.30. The summed E-state index contributed by atoms with van der Waals surface area (Å²) in [7, 11) is 0. The minimum atomic E-state index is 0.348. The van der Waals surface area contributed by atoms with Crippen molar-refractivity contribution >= 4 is 5.78 Å². The van der Waals surface area contributed by atoms with Crippen LogP contribution in [0.5, 0.6) is 0 Å². The monoisotopic (exact) mass is 225 g/mol. The van der Waals surface area contributed by atoms with Crippen molar-refractivity contribution in [3.8, 4) is 0 Å². The second kappa shape index (κ2) is 5.28. The van der Waals surface area contributed by atoms with Crippen molar-refractivity contribution in [2.24, 2.45) is 0 Å². The quantitative estimate of drug-likeness (QED) is 0.720. The number of hydrogen-bond acceptors (Lipinski definition) is 3. The lowest BCUT2D eigenvalue weighted by atomic mass is 9.91.